The molecule has 2 aromatic heterocycles. The van der Waals surface area contributed by atoms with Crippen molar-refractivity contribution in [1.29, 1.82) is 0 Å². The van der Waals surface area contributed by atoms with Gasteiger partial charge in [0.15, 0.2) is 5.13 Å². The maximum atomic E-state index is 13.0. The number of hydrogen-bond acceptors (Lipinski definition) is 7. The van der Waals surface area contributed by atoms with Crippen LogP contribution in [-0.4, -0.2) is 45.4 Å². The largest absolute Gasteiger partial charge is 0.445 e. The van der Waals surface area contributed by atoms with E-state index in [0.717, 1.165) is 17.5 Å². The van der Waals surface area contributed by atoms with Gasteiger partial charge in [-0.05, 0) is 42.7 Å². The molecule has 38 heavy (non-hydrogen) atoms. The number of amides is 3. The smallest absolute Gasteiger partial charge is 0.410 e. The zero-order valence-corrected chi connectivity index (χ0v) is 21.2. The van der Waals surface area contributed by atoms with Crippen molar-refractivity contribution >= 4 is 40.1 Å². The molecule has 9 nitrogen and oxygen atoms in total. The Hall–Kier alpha value is -4.57. The molecule has 3 heterocycles. The number of ether oxygens (including phenoxy) is 1. The summed E-state index contributed by atoms with van der Waals surface area (Å²) in [4.78, 5) is 48.1. The second-order valence-electron chi connectivity index (χ2n) is 8.69. The minimum atomic E-state index is -0.608. The number of benzene rings is 2. The lowest BCUT2D eigenvalue weighted by Crippen LogP contribution is -2.43. The van der Waals surface area contributed by atoms with Crippen LogP contribution in [0.1, 0.15) is 28.8 Å². The van der Waals surface area contributed by atoms with Crippen molar-refractivity contribution in [2.75, 3.05) is 17.2 Å². The molecule has 10 heteroatoms. The first-order chi connectivity index (χ1) is 18.6. The first kappa shape index (κ1) is 25.1. The number of aromatic nitrogens is 2. The summed E-state index contributed by atoms with van der Waals surface area (Å²) in [6.07, 6.45) is 4.00. The van der Waals surface area contributed by atoms with Gasteiger partial charge in [-0.15, -0.1) is 11.3 Å². The summed E-state index contributed by atoms with van der Waals surface area (Å²) in [6.45, 7) is 0.625. The van der Waals surface area contributed by atoms with Crippen LogP contribution >= 0.6 is 11.3 Å². The maximum Gasteiger partial charge on any atom is 0.410 e. The predicted molar refractivity (Wildman–Crippen MR) is 145 cm³/mol. The van der Waals surface area contributed by atoms with E-state index in [1.54, 1.807) is 48.8 Å². The fourth-order valence-electron chi connectivity index (χ4n) is 4.14. The molecule has 0 saturated carbocycles. The third kappa shape index (κ3) is 6.04. The number of nitrogens with one attached hydrogen (secondary N) is 2. The number of hydrogen-bond donors (Lipinski definition) is 2. The lowest BCUT2D eigenvalue weighted by molar-refractivity contribution is -0.120. The van der Waals surface area contributed by atoms with Gasteiger partial charge >= 0.3 is 6.09 Å². The van der Waals surface area contributed by atoms with E-state index in [2.05, 4.69) is 20.6 Å². The first-order valence-corrected chi connectivity index (χ1v) is 13.0. The molecule has 1 aliphatic heterocycles. The van der Waals surface area contributed by atoms with E-state index >= 15 is 0 Å². The second-order valence-corrected chi connectivity index (χ2v) is 9.55. The maximum absolute atomic E-state index is 13.0. The standard InChI is InChI=1S/C28H25N5O4S/c34-25(30-22-8-4-14-29-16-22)21-12-10-20(11-13-21)23-18-38-27(31-23)32-26(35)24-9-5-15-33(24)28(36)37-17-19-6-2-1-3-7-19/h1-4,6-8,10-14,16,18,24H,5,9,15,17H2,(H,30,34)(H,31,32,35). The molecule has 1 atom stereocenters. The summed E-state index contributed by atoms with van der Waals surface area (Å²) in [5, 5.41) is 7.91. The zero-order chi connectivity index (χ0) is 26.3. The third-order valence-electron chi connectivity index (χ3n) is 6.09. The number of rotatable bonds is 7. The van der Waals surface area contributed by atoms with Crippen molar-refractivity contribution < 1.29 is 19.1 Å². The van der Waals surface area contributed by atoms with Gasteiger partial charge in [-0.1, -0.05) is 42.5 Å². The van der Waals surface area contributed by atoms with Gasteiger partial charge < -0.3 is 15.4 Å². The highest BCUT2D eigenvalue weighted by Gasteiger charge is 2.35. The van der Waals surface area contributed by atoms with Crippen LogP contribution < -0.4 is 10.6 Å². The van der Waals surface area contributed by atoms with Gasteiger partial charge in [0.25, 0.3) is 5.91 Å². The topological polar surface area (TPSA) is 114 Å². The Morgan fingerprint density at radius 2 is 1.82 bits per heavy atom. The molecule has 4 aromatic rings. The van der Waals surface area contributed by atoms with Crippen LogP contribution in [0.3, 0.4) is 0 Å². The van der Waals surface area contributed by atoms with Crippen molar-refractivity contribution in [2.24, 2.45) is 0 Å². The van der Waals surface area contributed by atoms with Gasteiger partial charge in [0.1, 0.15) is 12.6 Å². The lowest BCUT2D eigenvalue weighted by atomic mass is 10.1. The van der Waals surface area contributed by atoms with Gasteiger partial charge in [-0.25, -0.2) is 9.78 Å². The highest BCUT2D eigenvalue weighted by molar-refractivity contribution is 7.14. The van der Waals surface area contributed by atoms with Gasteiger partial charge in [0.05, 0.1) is 17.6 Å². The van der Waals surface area contributed by atoms with Crippen LogP contribution in [0, 0.1) is 0 Å². The molecule has 3 amide bonds. The van der Waals surface area contributed by atoms with Crippen LogP contribution in [0.25, 0.3) is 11.3 Å². The van der Waals surface area contributed by atoms with Crippen molar-refractivity contribution in [3.63, 3.8) is 0 Å². The summed E-state index contributed by atoms with van der Waals surface area (Å²) in [6, 6.07) is 19.4. The number of thiazole rings is 1. The summed E-state index contributed by atoms with van der Waals surface area (Å²) in [5.74, 6) is -0.526. The normalized spacial score (nSPS) is 14.6. The van der Waals surface area contributed by atoms with Crippen LogP contribution in [0.15, 0.2) is 84.5 Å². The molecule has 0 spiro atoms. The molecular weight excluding hydrogens is 502 g/mol. The molecule has 192 valence electrons. The number of likely N-dealkylation sites (tertiary alicyclic amines) is 1. The predicted octanol–water partition coefficient (Wildman–Crippen LogP) is 5.20. The summed E-state index contributed by atoms with van der Waals surface area (Å²) < 4.78 is 5.43. The first-order valence-electron chi connectivity index (χ1n) is 12.1. The van der Waals surface area contributed by atoms with E-state index in [1.807, 2.05) is 35.7 Å². The molecule has 1 fully saturated rings. The molecule has 0 radical (unpaired) electrons. The van der Waals surface area contributed by atoms with E-state index in [-0.39, 0.29) is 18.4 Å². The summed E-state index contributed by atoms with van der Waals surface area (Å²) in [7, 11) is 0. The fourth-order valence-corrected chi connectivity index (χ4v) is 4.87. The number of carbonyl (C=O) groups excluding carboxylic acids is 3. The Morgan fingerprint density at radius 3 is 2.58 bits per heavy atom. The highest BCUT2D eigenvalue weighted by atomic mass is 32.1. The number of nitrogens with zero attached hydrogens (tertiary/aromatic N) is 3. The molecular formula is C28H25N5O4S. The molecule has 0 bridgehead atoms. The average Bonchev–Trinajstić information content (AvgIpc) is 3.63. The minimum Gasteiger partial charge on any atom is -0.445 e. The average molecular weight is 528 g/mol. The molecule has 1 unspecified atom stereocenters. The molecule has 1 aliphatic rings. The molecule has 1 saturated heterocycles. The van der Waals surface area contributed by atoms with E-state index in [0.29, 0.717) is 35.0 Å². The summed E-state index contributed by atoms with van der Waals surface area (Å²) >= 11 is 1.30. The molecule has 2 aromatic carbocycles. The number of pyridine rings is 1. The van der Waals surface area contributed by atoms with Crippen molar-refractivity contribution in [2.45, 2.75) is 25.5 Å². The third-order valence-corrected chi connectivity index (χ3v) is 6.85. The Bertz CT molecular complexity index is 1410. The Balaban J connectivity index is 1.17. The number of carbonyl (C=O) groups is 3. The Labute approximate surface area is 223 Å². The van der Waals surface area contributed by atoms with Gasteiger partial charge in [0, 0.05) is 29.2 Å². The van der Waals surface area contributed by atoms with E-state index in [9.17, 15) is 14.4 Å². The van der Waals surface area contributed by atoms with Crippen LogP contribution in [-0.2, 0) is 16.1 Å². The van der Waals surface area contributed by atoms with Crippen LogP contribution in [0.4, 0.5) is 15.6 Å². The highest BCUT2D eigenvalue weighted by Crippen LogP contribution is 2.27. The van der Waals surface area contributed by atoms with Gasteiger partial charge in [-0.2, -0.15) is 0 Å². The van der Waals surface area contributed by atoms with Crippen LogP contribution in [0.5, 0.6) is 0 Å². The van der Waals surface area contributed by atoms with Crippen LogP contribution in [0.2, 0.25) is 0 Å². The fraction of sp³-hybridized carbons (Fsp3) is 0.179. The molecule has 0 aliphatic carbocycles. The van der Waals surface area contributed by atoms with Gasteiger partial charge in [0.2, 0.25) is 5.91 Å². The Kier molecular flexibility index (Phi) is 7.70. The Morgan fingerprint density at radius 1 is 1.00 bits per heavy atom. The van der Waals surface area contributed by atoms with Crippen molar-refractivity contribution in [1.82, 2.24) is 14.9 Å². The SMILES string of the molecule is O=C(Nc1cccnc1)c1ccc(-c2csc(NC(=O)C3CCCN3C(=O)OCc3ccccc3)n2)cc1. The monoisotopic (exact) mass is 527 g/mol. The number of anilines is 2. The van der Waals surface area contributed by atoms with Crippen molar-refractivity contribution in [3.8, 4) is 11.3 Å². The lowest BCUT2D eigenvalue weighted by Gasteiger charge is -2.22. The zero-order valence-electron chi connectivity index (χ0n) is 20.4. The summed E-state index contributed by atoms with van der Waals surface area (Å²) in [5.41, 5.74) is 3.49. The van der Waals surface area contributed by atoms with Crippen molar-refractivity contribution in [3.05, 3.63) is 95.6 Å². The quantitative estimate of drug-likeness (QED) is 0.342. The van der Waals surface area contributed by atoms with E-state index < -0.39 is 12.1 Å². The molecule has 2 N–H and O–H groups in total. The van der Waals surface area contributed by atoms with Gasteiger partial charge in [-0.3, -0.25) is 19.5 Å². The molecule has 5 rings (SSSR count). The second kappa shape index (κ2) is 11.7. The van der Waals surface area contributed by atoms with E-state index in [4.69, 9.17) is 4.74 Å². The van der Waals surface area contributed by atoms with E-state index in [1.165, 1.54) is 16.2 Å². The minimum absolute atomic E-state index is 0.157.